The number of nitrogens with one attached hydrogen (secondary N) is 1. The maximum Gasteiger partial charge on any atom is 0.142 e. The average molecular weight is 267 g/mol. The molecule has 2 rings (SSSR count). The van der Waals surface area contributed by atoms with Crippen LogP contribution in [0.15, 0.2) is 18.3 Å². The molecule has 2 aromatic heterocycles. The lowest BCUT2D eigenvalue weighted by Crippen LogP contribution is -2.06. The molecule has 6 heteroatoms. The molecule has 0 bridgehead atoms. The first-order valence-electron chi connectivity index (χ1n) is 5.48. The van der Waals surface area contributed by atoms with Crippen LogP contribution in [0.4, 0.5) is 4.39 Å². The van der Waals surface area contributed by atoms with Crippen LogP contribution in [0, 0.1) is 5.82 Å². The standard InChI is InChI=1S/C12H14FN3OS/c1-14-6-11-10(7-17-2)16-12(18-11)9-4-3-8(13)5-15-9/h3-5,14H,6-7H2,1-2H3. The summed E-state index contributed by atoms with van der Waals surface area (Å²) in [6, 6.07) is 3.02. The number of hydrogen-bond donors (Lipinski definition) is 1. The second-order valence-electron chi connectivity index (χ2n) is 3.71. The maximum absolute atomic E-state index is 12.8. The molecule has 0 saturated carbocycles. The van der Waals surface area contributed by atoms with Gasteiger partial charge in [0.15, 0.2) is 0 Å². The van der Waals surface area contributed by atoms with Crippen molar-refractivity contribution in [1.29, 1.82) is 0 Å². The van der Waals surface area contributed by atoms with Gasteiger partial charge < -0.3 is 10.1 Å². The first kappa shape index (κ1) is 13.1. The van der Waals surface area contributed by atoms with Crippen molar-refractivity contribution >= 4 is 11.3 Å². The van der Waals surface area contributed by atoms with Gasteiger partial charge in [-0.25, -0.2) is 9.37 Å². The van der Waals surface area contributed by atoms with Crippen LogP contribution in [-0.4, -0.2) is 24.1 Å². The molecule has 0 radical (unpaired) electrons. The molecule has 0 aromatic carbocycles. The van der Waals surface area contributed by atoms with Crippen LogP contribution in [0.1, 0.15) is 10.6 Å². The first-order chi connectivity index (χ1) is 8.74. The van der Waals surface area contributed by atoms with Crippen molar-refractivity contribution in [2.75, 3.05) is 14.2 Å². The van der Waals surface area contributed by atoms with Crippen molar-refractivity contribution < 1.29 is 9.13 Å². The summed E-state index contributed by atoms with van der Waals surface area (Å²) in [6.45, 7) is 1.20. The molecule has 0 fully saturated rings. The third-order valence-electron chi connectivity index (χ3n) is 2.34. The van der Waals surface area contributed by atoms with Crippen molar-refractivity contribution in [3.05, 3.63) is 34.7 Å². The van der Waals surface area contributed by atoms with Crippen LogP contribution in [0.3, 0.4) is 0 Å². The van der Waals surface area contributed by atoms with Crippen molar-refractivity contribution in [3.63, 3.8) is 0 Å². The van der Waals surface area contributed by atoms with Crippen molar-refractivity contribution in [2.24, 2.45) is 0 Å². The zero-order chi connectivity index (χ0) is 13.0. The minimum absolute atomic E-state index is 0.345. The van der Waals surface area contributed by atoms with Gasteiger partial charge in [-0.2, -0.15) is 0 Å². The molecule has 4 nitrogen and oxygen atoms in total. The van der Waals surface area contributed by atoms with E-state index in [-0.39, 0.29) is 5.82 Å². The van der Waals surface area contributed by atoms with E-state index >= 15 is 0 Å². The maximum atomic E-state index is 12.8. The normalized spacial score (nSPS) is 10.8. The lowest BCUT2D eigenvalue weighted by atomic mass is 10.3. The van der Waals surface area contributed by atoms with E-state index in [4.69, 9.17) is 4.74 Å². The highest BCUT2D eigenvalue weighted by Crippen LogP contribution is 2.27. The predicted octanol–water partition coefficient (Wildman–Crippen LogP) is 2.21. The van der Waals surface area contributed by atoms with Crippen LogP contribution in [0.2, 0.25) is 0 Å². The van der Waals surface area contributed by atoms with Gasteiger partial charge >= 0.3 is 0 Å². The van der Waals surface area contributed by atoms with Crippen LogP contribution < -0.4 is 5.32 Å². The molecule has 0 saturated heterocycles. The van der Waals surface area contributed by atoms with Crippen LogP contribution in [0.25, 0.3) is 10.7 Å². The highest BCUT2D eigenvalue weighted by Gasteiger charge is 2.12. The molecule has 0 unspecified atom stereocenters. The summed E-state index contributed by atoms with van der Waals surface area (Å²) >= 11 is 1.54. The Kier molecular flexibility index (Phi) is 4.35. The van der Waals surface area contributed by atoms with Gasteiger partial charge in [0.2, 0.25) is 0 Å². The van der Waals surface area contributed by atoms with E-state index in [9.17, 15) is 4.39 Å². The number of methoxy groups -OCH3 is 1. The minimum Gasteiger partial charge on any atom is -0.378 e. The largest absolute Gasteiger partial charge is 0.378 e. The van der Waals surface area contributed by atoms with Crippen molar-refractivity contribution in [1.82, 2.24) is 15.3 Å². The van der Waals surface area contributed by atoms with E-state index in [0.717, 1.165) is 22.1 Å². The summed E-state index contributed by atoms with van der Waals surface area (Å²) in [5.41, 5.74) is 1.58. The summed E-state index contributed by atoms with van der Waals surface area (Å²) in [5.74, 6) is -0.345. The third kappa shape index (κ3) is 2.90. The summed E-state index contributed by atoms with van der Waals surface area (Å²) in [7, 11) is 3.52. The van der Waals surface area contributed by atoms with Crippen molar-refractivity contribution in [2.45, 2.75) is 13.2 Å². The molecule has 0 aliphatic rings. The van der Waals surface area contributed by atoms with Gasteiger partial charge in [0.1, 0.15) is 10.8 Å². The molecule has 0 aliphatic carbocycles. The minimum atomic E-state index is -0.345. The summed E-state index contributed by atoms with van der Waals surface area (Å²) in [6.07, 6.45) is 1.20. The number of rotatable bonds is 5. The van der Waals surface area contributed by atoms with Gasteiger partial charge in [0.25, 0.3) is 0 Å². The number of halogens is 1. The molecule has 0 amide bonds. The summed E-state index contributed by atoms with van der Waals surface area (Å²) < 4.78 is 17.9. The second-order valence-corrected chi connectivity index (χ2v) is 4.80. The van der Waals surface area contributed by atoms with E-state index in [2.05, 4.69) is 15.3 Å². The number of ether oxygens (including phenoxy) is 1. The van der Waals surface area contributed by atoms with Gasteiger partial charge in [-0.3, -0.25) is 4.98 Å². The summed E-state index contributed by atoms with van der Waals surface area (Å²) in [4.78, 5) is 9.63. The molecular weight excluding hydrogens is 253 g/mol. The fraction of sp³-hybridized carbons (Fsp3) is 0.333. The number of pyridine rings is 1. The third-order valence-corrected chi connectivity index (χ3v) is 3.46. The number of thiazole rings is 1. The van der Waals surface area contributed by atoms with Gasteiger partial charge in [-0.05, 0) is 19.2 Å². The molecule has 2 heterocycles. The van der Waals surface area contributed by atoms with Crippen LogP contribution in [-0.2, 0) is 17.9 Å². The first-order valence-corrected chi connectivity index (χ1v) is 6.30. The lowest BCUT2D eigenvalue weighted by Gasteiger charge is -1.98. The zero-order valence-corrected chi connectivity index (χ0v) is 11.1. The molecule has 18 heavy (non-hydrogen) atoms. The van der Waals surface area contributed by atoms with Crippen molar-refractivity contribution in [3.8, 4) is 10.7 Å². The lowest BCUT2D eigenvalue weighted by molar-refractivity contribution is 0.181. The zero-order valence-electron chi connectivity index (χ0n) is 10.2. The van der Waals surface area contributed by atoms with Crippen LogP contribution in [0.5, 0.6) is 0 Å². The van der Waals surface area contributed by atoms with E-state index in [0.29, 0.717) is 12.3 Å². The molecule has 0 atom stereocenters. The molecule has 0 spiro atoms. The smallest absolute Gasteiger partial charge is 0.142 e. The highest BCUT2D eigenvalue weighted by molar-refractivity contribution is 7.15. The molecule has 2 aromatic rings. The Morgan fingerprint density at radius 3 is 2.89 bits per heavy atom. The second kappa shape index (κ2) is 5.99. The van der Waals surface area contributed by atoms with Crippen LogP contribution >= 0.6 is 11.3 Å². The highest BCUT2D eigenvalue weighted by atomic mass is 32.1. The summed E-state index contributed by atoms with van der Waals surface area (Å²) in [5, 5.41) is 3.88. The number of hydrogen-bond acceptors (Lipinski definition) is 5. The average Bonchev–Trinajstić information content (AvgIpc) is 2.75. The Bertz CT molecular complexity index is 489. The number of nitrogens with zero attached hydrogens (tertiary/aromatic N) is 2. The Hall–Kier alpha value is -1.37. The SMILES string of the molecule is CNCc1sc(-c2ccc(F)cn2)nc1COC. The van der Waals surface area contributed by atoms with E-state index in [1.807, 2.05) is 7.05 Å². The van der Waals surface area contributed by atoms with E-state index < -0.39 is 0 Å². The Morgan fingerprint density at radius 1 is 1.44 bits per heavy atom. The Morgan fingerprint density at radius 2 is 2.28 bits per heavy atom. The topological polar surface area (TPSA) is 47.0 Å². The molecule has 1 N–H and O–H groups in total. The fourth-order valence-corrected chi connectivity index (χ4v) is 2.60. The molecular formula is C12H14FN3OS. The Balaban J connectivity index is 2.33. The van der Waals surface area contributed by atoms with E-state index in [1.165, 1.54) is 12.3 Å². The Labute approximate surface area is 109 Å². The van der Waals surface area contributed by atoms with Gasteiger partial charge in [-0.15, -0.1) is 11.3 Å². The monoisotopic (exact) mass is 267 g/mol. The quantitative estimate of drug-likeness (QED) is 0.902. The predicted molar refractivity (Wildman–Crippen MR) is 68.8 cm³/mol. The van der Waals surface area contributed by atoms with Gasteiger partial charge in [-0.1, -0.05) is 0 Å². The van der Waals surface area contributed by atoms with Gasteiger partial charge in [0.05, 0.1) is 24.2 Å². The molecule has 0 aliphatic heterocycles. The van der Waals surface area contributed by atoms with E-state index in [1.54, 1.807) is 24.5 Å². The fourth-order valence-electron chi connectivity index (χ4n) is 1.54. The van der Waals surface area contributed by atoms with Gasteiger partial charge in [0, 0.05) is 18.5 Å². The number of aromatic nitrogens is 2. The molecule has 96 valence electrons.